The minimum absolute atomic E-state index is 0.232. The zero-order valence-electron chi connectivity index (χ0n) is 10.8. The number of hydrogen-bond donors (Lipinski definition) is 1. The maximum Gasteiger partial charge on any atom is 0.0597 e. The average Bonchev–Trinajstić information content (AvgIpc) is 2.71. The Labute approximate surface area is 121 Å². The Kier molecular flexibility index (Phi) is 4.54. The van der Waals surface area contributed by atoms with Gasteiger partial charge in [0.25, 0.3) is 0 Å². The summed E-state index contributed by atoms with van der Waals surface area (Å²) in [5.41, 5.74) is 4.71. The van der Waals surface area contributed by atoms with Gasteiger partial charge in [-0.05, 0) is 65.0 Å². The molecule has 96 valence electrons. The molecule has 0 aromatic carbocycles. The Bertz CT molecular complexity index is 516. The highest BCUT2D eigenvalue weighted by molar-refractivity contribution is 9.10. The summed E-state index contributed by atoms with van der Waals surface area (Å²) in [6, 6.07) is 4.55. The van der Waals surface area contributed by atoms with Gasteiger partial charge in [0.05, 0.1) is 6.04 Å². The van der Waals surface area contributed by atoms with Crippen molar-refractivity contribution in [1.82, 2.24) is 10.3 Å². The monoisotopic (exact) mass is 324 g/mol. The second-order valence-corrected chi connectivity index (χ2v) is 5.95. The number of thiophene rings is 1. The van der Waals surface area contributed by atoms with E-state index in [1.54, 1.807) is 11.3 Å². The second-order valence-electron chi connectivity index (χ2n) is 4.35. The maximum atomic E-state index is 4.44. The summed E-state index contributed by atoms with van der Waals surface area (Å²) in [6.07, 6.45) is 0. The van der Waals surface area contributed by atoms with Crippen molar-refractivity contribution in [2.24, 2.45) is 0 Å². The summed E-state index contributed by atoms with van der Waals surface area (Å²) in [6.45, 7) is 7.16. The second kappa shape index (κ2) is 5.95. The topological polar surface area (TPSA) is 24.9 Å². The summed E-state index contributed by atoms with van der Waals surface area (Å²) in [5, 5.41) is 7.87. The number of rotatable bonds is 4. The summed E-state index contributed by atoms with van der Waals surface area (Å²) < 4.78 is 1.17. The molecular formula is C14H17BrN2S. The van der Waals surface area contributed by atoms with Crippen LogP contribution >= 0.6 is 27.3 Å². The highest BCUT2D eigenvalue weighted by Crippen LogP contribution is 2.31. The zero-order valence-corrected chi connectivity index (χ0v) is 13.2. The van der Waals surface area contributed by atoms with E-state index in [0.29, 0.717) is 0 Å². The zero-order chi connectivity index (χ0) is 13.1. The Morgan fingerprint density at radius 1 is 1.28 bits per heavy atom. The van der Waals surface area contributed by atoms with Gasteiger partial charge in [-0.15, -0.1) is 0 Å². The molecule has 0 radical (unpaired) electrons. The number of aryl methyl sites for hydroxylation is 2. The minimum Gasteiger partial charge on any atom is -0.306 e. The molecule has 2 aromatic heterocycles. The van der Waals surface area contributed by atoms with Crippen LogP contribution in [0.5, 0.6) is 0 Å². The lowest BCUT2D eigenvalue weighted by Gasteiger charge is -2.19. The van der Waals surface area contributed by atoms with Crippen LogP contribution in [-0.2, 0) is 0 Å². The van der Waals surface area contributed by atoms with Crippen LogP contribution in [0.3, 0.4) is 0 Å². The van der Waals surface area contributed by atoms with E-state index in [9.17, 15) is 0 Å². The molecule has 4 heteroatoms. The largest absolute Gasteiger partial charge is 0.306 e. The first-order chi connectivity index (χ1) is 8.61. The van der Waals surface area contributed by atoms with Gasteiger partial charge >= 0.3 is 0 Å². The van der Waals surface area contributed by atoms with Gasteiger partial charge < -0.3 is 5.32 Å². The summed E-state index contributed by atoms with van der Waals surface area (Å²) in [7, 11) is 0. The lowest BCUT2D eigenvalue weighted by molar-refractivity contribution is 0.628. The lowest BCUT2D eigenvalue weighted by Crippen LogP contribution is -2.22. The highest BCUT2D eigenvalue weighted by Gasteiger charge is 2.17. The van der Waals surface area contributed by atoms with Crippen LogP contribution in [0.25, 0.3) is 0 Å². The molecule has 0 aliphatic carbocycles. The highest BCUT2D eigenvalue weighted by atomic mass is 79.9. The molecule has 0 spiro atoms. The van der Waals surface area contributed by atoms with Crippen molar-refractivity contribution in [2.75, 3.05) is 6.54 Å². The van der Waals surface area contributed by atoms with Crippen LogP contribution in [0, 0.1) is 13.8 Å². The predicted octanol–water partition coefficient (Wildman–Crippen LogP) is 4.22. The third kappa shape index (κ3) is 2.99. The molecule has 0 aliphatic heterocycles. The average molecular weight is 325 g/mol. The quantitative estimate of drug-likeness (QED) is 0.910. The van der Waals surface area contributed by atoms with Crippen LogP contribution < -0.4 is 5.32 Å². The van der Waals surface area contributed by atoms with Crippen LogP contribution in [0.4, 0.5) is 0 Å². The third-order valence-electron chi connectivity index (χ3n) is 2.80. The summed E-state index contributed by atoms with van der Waals surface area (Å²) in [4.78, 5) is 4.44. The Balaban J connectivity index is 2.44. The van der Waals surface area contributed by atoms with E-state index in [4.69, 9.17) is 0 Å². The molecule has 1 unspecified atom stereocenters. The predicted molar refractivity (Wildman–Crippen MR) is 81.2 cm³/mol. The van der Waals surface area contributed by atoms with Gasteiger partial charge in [0, 0.05) is 21.2 Å². The first-order valence-electron chi connectivity index (χ1n) is 6.02. The molecule has 0 saturated heterocycles. The fourth-order valence-electron chi connectivity index (χ4n) is 2.14. The van der Waals surface area contributed by atoms with Crippen LogP contribution in [0.15, 0.2) is 27.4 Å². The van der Waals surface area contributed by atoms with E-state index in [1.165, 1.54) is 15.6 Å². The standard InChI is InChI=1S/C14H17BrN2S/c1-4-16-14(12-7-18-8-13(12)15)11-5-9(2)17-10(3)6-11/h5-8,14,16H,4H2,1-3H3. The first kappa shape index (κ1) is 13.7. The van der Waals surface area contributed by atoms with Crippen molar-refractivity contribution < 1.29 is 0 Å². The van der Waals surface area contributed by atoms with Crippen molar-refractivity contribution in [2.45, 2.75) is 26.8 Å². The van der Waals surface area contributed by atoms with Gasteiger partial charge in [-0.3, -0.25) is 4.98 Å². The number of pyridine rings is 1. The maximum absolute atomic E-state index is 4.44. The van der Waals surface area contributed by atoms with E-state index < -0.39 is 0 Å². The van der Waals surface area contributed by atoms with Gasteiger partial charge in [-0.25, -0.2) is 0 Å². The molecule has 1 N–H and O–H groups in total. The minimum atomic E-state index is 0.232. The Morgan fingerprint density at radius 2 is 1.94 bits per heavy atom. The van der Waals surface area contributed by atoms with E-state index in [0.717, 1.165) is 17.9 Å². The van der Waals surface area contributed by atoms with Crippen molar-refractivity contribution >= 4 is 27.3 Å². The van der Waals surface area contributed by atoms with Gasteiger partial charge in [-0.1, -0.05) is 6.92 Å². The number of aromatic nitrogens is 1. The van der Waals surface area contributed by atoms with Gasteiger partial charge in [0.1, 0.15) is 0 Å². The SMILES string of the molecule is CCNC(c1cc(C)nc(C)c1)c1cscc1Br. The molecule has 2 rings (SSSR count). The van der Waals surface area contributed by atoms with Crippen molar-refractivity contribution in [3.63, 3.8) is 0 Å². The normalized spacial score (nSPS) is 12.7. The van der Waals surface area contributed by atoms with E-state index in [2.05, 4.69) is 56.0 Å². The molecule has 0 fully saturated rings. The molecule has 18 heavy (non-hydrogen) atoms. The van der Waals surface area contributed by atoms with Crippen molar-refractivity contribution in [3.8, 4) is 0 Å². The molecule has 1 atom stereocenters. The summed E-state index contributed by atoms with van der Waals surface area (Å²) >= 11 is 5.35. The van der Waals surface area contributed by atoms with Crippen LogP contribution in [-0.4, -0.2) is 11.5 Å². The van der Waals surface area contributed by atoms with Crippen LogP contribution in [0.2, 0.25) is 0 Å². The van der Waals surface area contributed by atoms with Crippen molar-refractivity contribution in [3.05, 3.63) is 49.9 Å². The first-order valence-corrected chi connectivity index (χ1v) is 7.75. The van der Waals surface area contributed by atoms with E-state index >= 15 is 0 Å². The molecule has 0 saturated carbocycles. The number of hydrogen-bond acceptors (Lipinski definition) is 3. The molecular weight excluding hydrogens is 308 g/mol. The molecule has 0 aliphatic rings. The summed E-state index contributed by atoms with van der Waals surface area (Å²) in [5.74, 6) is 0. The number of nitrogens with zero attached hydrogens (tertiary/aromatic N) is 1. The van der Waals surface area contributed by atoms with Crippen LogP contribution in [0.1, 0.15) is 35.5 Å². The van der Waals surface area contributed by atoms with Gasteiger partial charge in [0.2, 0.25) is 0 Å². The Hall–Kier alpha value is -0.710. The van der Waals surface area contributed by atoms with Gasteiger partial charge in [-0.2, -0.15) is 11.3 Å². The molecule has 2 aromatic rings. The molecule has 2 heterocycles. The van der Waals surface area contributed by atoms with Crippen molar-refractivity contribution in [1.29, 1.82) is 0 Å². The van der Waals surface area contributed by atoms with E-state index in [-0.39, 0.29) is 6.04 Å². The number of nitrogens with one attached hydrogen (secondary N) is 1. The molecule has 0 amide bonds. The Morgan fingerprint density at radius 3 is 2.44 bits per heavy atom. The lowest BCUT2D eigenvalue weighted by atomic mass is 10.0. The van der Waals surface area contributed by atoms with E-state index in [1.807, 2.05) is 13.8 Å². The fraction of sp³-hybridized carbons (Fsp3) is 0.357. The smallest absolute Gasteiger partial charge is 0.0597 e. The van der Waals surface area contributed by atoms with Gasteiger partial charge in [0.15, 0.2) is 0 Å². The fourth-order valence-corrected chi connectivity index (χ4v) is 3.69. The molecule has 2 nitrogen and oxygen atoms in total. The third-order valence-corrected chi connectivity index (χ3v) is 4.55. The molecule has 0 bridgehead atoms. The number of halogens is 1.